The van der Waals surface area contributed by atoms with Gasteiger partial charge >= 0.3 is 0 Å². The van der Waals surface area contributed by atoms with Gasteiger partial charge in [-0.15, -0.1) is 0 Å². The Labute approximate surface area is 142 Å². The Morgan fingerprint density at radius 3 is 2.92 bits per heavy atom. The number of hydrogen-bond donors (Lipinski definition) is 1. The van der Waals surface area contributed by atoms with Gasteiger partial charge in [-0.1, -0.05) is 19.1 Å². The Bertz CT molecular complexity index is 971. The van der Waals surface area contributed by atoms with Crippen LogP contribution in [0.5, 0.6) is 0 Å². The number of aromatic nitrogens is 3. The second-order valence-corrected chi connectivity index (χ2v) is 6.33. The fraction of sp³-hybridized carbons (Fsp3) is 0.235. The van der Waals surface area contributed by atoms with Crippen LogP contribution in [0, 0.1) is 16.5 Å². The molecule has 1 N–H and O–H groups in total. The molecule has 2 atom stereocenters. The summed E-state index contributed by atoms with van der Waals surface area (Å²) in [4.78, 5) is 0. The molecule has 4 rings (SSSR count). The zero-order valence-corrected chi connectivity index (χ0v) is 13.8. The van der Waals surface area contributed by atoms with Gasteiger partial charge in [0.05, 0.1) is 11.8 Å². The summed E-state index contributed by atoms with van der Waals surface area (Å²) < 4.78 is 21.4. The third-order valence-corrected chi connectivity index (χ3v) is 4.45. The van der Waals surface area contributed by atoms with Gasteiger partial charge in [0.25, 0.3) is 0 Å². The summed E-state index contributed by atoms with van der Waals surface area (Å²) in [5, 5.41) is 11.0. The molecule has 1 saturated carbocycles. The highest BCUT2D eigenvalue weighted by Crippen LogP contribution is 2.47. The van der Waals surface area contributed by atoms with Crippen molar-refractivity contribution in [3.63, 3.8) is 0 Å². The normalized spacial score (nSPS) is 19.9. The predicted octanol–water partition coefficient (Wildman–Crippen LogP) is 4.35. The van der Waals surface area contributed by atoms with Crippen LogP contribution in [0.2, 0.25) is 0 Å². The standard InChI is InChI=1S/C17H15FN4OS/c1-10-8-13(10)15-7-6-11(23-15)9-19-22-16(20-21-17(22)24)12-4-2-3-5-14(12)18/h2-7,9-10,13H,8H2,1H3,(H,21,24)/b19-9-/t10-,13+/m0/s1. The molecule has 3 aromatic rings. The van der Waals surface area contributed by atoms with Crippen LogP contribution in [0.1, 0.15) is 30.8 Å². The third-order valence-electron chi connectivity index (χ3n) is 4.19. The molecule has 1 aromatic carbocycles. The predicted molar refractivity (Wildman–Crippen MR) is 91.0 cm³/mol. The van der Waals surface area contributed by atoms with Gasteiger partial charge in [-0.05, 0) is 48.8 Å². The molecule has 122 valence electrons. The molecule has 2 heterocycles. The van der Waals surface area contributed by atoms with Crippen LogP contribution in [-0.2, 0) is 0 Å². The first-order valence-corrected chi connectivity index (χ1v) is 8.10. The molecule has 0 saturated heterocycles. The van der Waals surface area contributed by atoms with Crippen LogP contribution in [0.3, 0.4) is 0 Å². The molecule has 2 aromatic heterocycles. The minimum atomic E-state index is -0.383. The minimum Gasteiger partial charge on any atom is -0.460 e. The number of nitrogens with zero attached hydrogens (tertiary/aromatic N) is 3. The molecule has 0 radical (unpaired) electrons. The van der Waals surface area contributed by atoms with Crippen LogP contribution < -0.4 is 0 Å². The average Bonchev–Trinajstić information content (AvgIpc) is 2.97. The Kier molecular flexibility index (Phi) is 3.65. The monoisotopic (exact) mass is 342 g/mol. The van der Waals surface area contributed by atoms with Gasteiger partial charge in [-0.3, -0.25) is 0 Å². The molecular formula is C17H15FN4OS. The molecule has 1 fully saturated rings. The molecule has 1 aliphatic rings. The van der Waals surface area contributed by atoms with E-state index in [4.69, 9.17) is 16.6 Å². The smallest absolute Gasteiger partial charge is 0.216 e. The van der Waals surface area contributed by atoms with Crippen LogP contribution >= 0.6 is 12.2 Å². The van der Waals surface area contributed by atoms with Gasteiger partial charge in [0.1, 0.15) is 17.3 Å². The molecule has 0 amide bonds. The van der Waals surface area contributed by atoms with E-state index in [0.29, 0.717) is 29.0 Å². The van der Waals surface area contributed by atoms with Crippen molar-refractivity contribution in [1.82, 2.24) is 14.9 Å². The number of aromatic amines is 1. The van der Waals surface area contributed by atoms with E-state index < -0.39 is 0 Å². The summed E-state index contributed by atoms with van der Waals surface area (Å²) in [5.74, 6) is 2.73. The number of benzene rings is 1. The van der Waals surface area contributed by atoms with Gasteiger partial charge in [0, 0.05) is 5.92 Å². The van der Waals surface area contributed by atoms with Crippen molar-refractivity contribution in [3.05, 3.63) is 58.5 Å². The van der Waals surface area contributed by atoms with Crippen molar-refractivity contribution in [3.8, 4) is 11.4 Å². The highest BCUT2D eigenvalue weighted by Gasteiger charge is 2.36. The summed E-state index contributed by atoms with van der Waals surface area (Å²) in [6.07, 6.45) is 2.72. The van der Waals surface area contributed by atoms with Crippen molar-refractivity contribution >= 4 is 18.4 Å². The van der Waals surface area contributed by atoms with Crippen molar-refractivity contribution < 1.29 is 8.81 Å². The van der Waals surface area contributed by atoms with E-state index >= 15 is 0 Å². The van der Waals surface area contributed by atoms with E-state index in [2.05, 4.69) is 22.2 Å². The van der Waals surface area contributed by atoms with E-state index in [0.717, 1.165) is 12.2 Å². The maximum atomic E-state index is 14.0. The van der Waals surface area contributed by atoms with Crippen LogP contribution in [0.15, 0.2) is 45.9 Å². The summed E-state index contributed by atoms with van der Waals surface area (Å²) in [6.45, 7) is 2.20. The number of halogens is 1. The molecule has 0 aliphatic heterocycles. The molecule has 1 aliphatic carbocycles. The molecule has 0 bridgehead atoms. The fourth-order valence-electron chi connectivity index (χ4n) is 2.69. The minimum absolute atomic E-state index is 0.284. The zero-order valence-electron chi connectivity index (χ0n) is 12.9. The number of H-pyrrole nitrogens is 1. The molecule has 0 unspecified atom stereocenters. The van der Waals surface area contributed by atoms with Gasteiger partial charge in [0.15, 0.2) is 5.82 Å². The second-order valence-electron chi connectivity index (χ2n) is 5.95. The zero-order chi connectivity index (χ0) is 16.7. The van der Waals surface area contributed by atoms with Crippen molar-refractivity contribution in [2.24, 2.45) is 11.0 Å². The highest BCUT2D eigenvalue weighted by atomic mass is 32.1. The van der Waals surface area contributed by atoms with Crippen molar-refractivity contribution in [2.45, 2.75) is 19.3 Å². The van der Waals surface area contributed by atoms with E-state index in [1.165, 1.54) is 10.7 Å². The van der Waals surface area contributed by atoms with E-state index in [-0.39, 0.29) is 10.6 Å². The van der Waals surface area contributed by atoms with Gasteiger partial charge in [-0.25, -0.2) is 9.49 Å². The Balaban J connectivity index is 1.65. The van der Waals surface area contributed by atoms with Gasteiger partial charge < -0.3 is 4.42 Å². The number of furan rings is 1. The lowest BCUT2D eigenvalue weighted by Crippen LogP contribution is -1.96. The fourth-order valence-corrected chi connectivity index (χ4v) is 2.87. The number of nitrogens with one attached hydrogen (secondary N) is 1. The number of rotatable bonds is 4. The van der Waals surface area contributed by atoms with Crippen LogP contribution in [-0.4, -0.2) is 21.1 Å². The van der Waals surface area contributed by atoms with Crippen molar-refractivity contribution in [2.75, 3.05) is 0 Å². The molecule has 24 heavy (non-hydrogen) atoms. The van der Waals surface area contributed by atoms with Crippen molar-refractivity contribution in [1.29, 1.82) is 0 Å². The topological polar surface area (TPSA) is 59.1 Å². The van der Waals surface area contributed by atoms with Gasteiger partial charge in [-0.2, -0.15) is 14.9 Å². The second kappa shape index (κ2) is 5.83. The highest BCUT2D eigenvalue weighted by molar-refractivity contribution is 7.71. The average molecular weight is 342 g/mol. The third kappa shape index (κ3) is 2.71. The first-order valence-electron chi connectivity index (χ1n) is 7.70. The largest absolute Gasteiger partial charge is 0.460 e. The lowest BCUT2D eigenvalue weighted by Gasteiger charge is -2.01. The molecule has 0 spiro atoms. The molecular weight excluding hydrogens is 327 g/mol. The first kappa shape index (κ1) is 15.0. The summed E-state index contributed by atoms with van der Waals surface area (Å²) >= 11 is 5.18. The van der Waals surface area contributed by atoms with Crippen LogP contribution in [0.4, 0.5) is 4.39 Å². The SMILES string of the molecule is C[C@H]1C[C@H]1c1ccc(/C=N\n2c(-c3ccccc3F)n[nH]c2=S)o1. The molecule has 5 nitrogen and oxygen atoms in total. The maximum Gasteiger partial charge on any atom is 0.216 e. The lowest BCUT2D eigenvalue weighted by molar-refractivity contribution is 0.500. The maximum absolute atomic E-state index is 14.0. The lowest BCUT2D eigenvalue weighted by atomic mass is 10.2. The Morgan fingerprint density at radius 2 is 2.17 bits per heavy atom. The summed E-state index contributed by atoms with van der Waals surface area (Å²) in [7, 11) is 0. The quantitative estimate of drug-likeness (QED) is 0.566. The Morgan fingerprint density at radius 1 is 1.38 bits per heavy atom. The summed E-state index contributed by atoms with van der Waals surface area (Å²) in [6, 6.07) is 10.2. The number of hydrogen-bond acceptors (Lipinski definition) is 4. The first-order chi connectivity index (χ1) is 11.6. The van der Waals surface area contributed by atoms with E-state index in [1.54, 1.807) is 24.4 Å². The van der Waals surface area contributed by atoms with E-state index in [9.17, 15) is 4.39 Å². The summed E-state index contributed by atoms with van der Waals surface area (Å²) in [5.41, 5.74) is 0.328. The molecule has 7 heteroatoms. The van der Waals surface area contributed by atoms with Gasteiger partial charge in [0.2, 0.25) is 4.77 Å². The Hall–Kier alpha value is -2.54. The van der Waals surface area contributed by atoms with E-state index in [1.807, 2.05) is 12.1 Å². The van der Waals surface area contributed by atoms with Crippen LogP contribution in [0.25, 0.3) is 11.4 Å².